The van der Waals surface area contributed by atoms with Gasteiger partial charge < -0.3 is 14.0 Å². The number of hydrogen-bond donors (Lipinski definition) is 0. The van der Waals surface area contributed by atoms with Crippen LogP contribution >= 0.6 is 0 Å². The second-order valence-corrected chi connectivity index (χ2v) is 27.1. The Balaban J connectivity index is 0.965. The Morgan fingerprint density at radius 2 is 0.562 bits per heavy atom. The monoisotopic (exact) mass is 1040 g/mol. The van der Waals surface area contributed by atoms with Crippen LogP contribution in [-0.2, 0) is 27.1 Å². The van der Waals surface area contributed by atoms with Crippen molar-refractivity contribution in [1.29, 1.82) is 0 Å². The van der Waals surface area contributed by atoms with Gasteiger partial charge in [0.25, 0.3) is 0 Å². The first-order valence-electron chi connectivity index (χ1n) is 28.8. The summed E-state index contributed by atoms with van der Waals surface area (Å²) in [4.78, 5) is 2.48. The summed E-state index contributed by atoms with van der Waals surface area (Å²) in [5.41, 5.74) is 25.9. The average molecular weight is 1040 g/mol. The zero-order valence-corrected chi connectivity index (χ0v) is 48.5. The Labute approximate surface area is 472 Å². The van der Waals surface area contributed by atoms with Gasteiger partial charge in [0.1, 0.15) is 0 Å². The van der Waals surface area contributed by atoms with E-state index in [-0.39, 0.29) is 21.7 Å². The number of rotatable bonds is 5. The first kappa shape index (κ1) is 49.9. The maximum absolute atomic E-state index is 2.51. The number of fused-ring (bicyclic) bond motifs is 16. The highest BCUT2D eigenvalue weighted by Crippen LogP contribution is 2.63. The fourth-order valence-electron chi connectivity index (χ4n) is 13.6. The second-order valence-electron chi connectivity index (χ2n) is 27.1. The number of benzene rings is 10. The minimum absolute atomic E-state index is 0.0217. The third-order valence-corrected chi connectivity index (χ3v) is 18.0. The van der Waals surface area contributed by atoms with Gasteiger partial charge in [-0.1, -0.05) is 186 Å². The molecule has 0 saturated carbocycles. The average Bonchev–Trinajstić information content (AvgIpc) is 2.69. The molecular weight excluding hydrogens is 967 g/mol. The lowest BCUT2D eigenvalue weighted by Gasteiger charge is -2.32. The largest absolute Gasteiger partial charge is 0.310 e. The molecule has 0 unspecified atom stereocenters. The Morgan fingerprint density at radius 3 is 0.875 bits per heavy atom. The topological polar surface area (TPSA) is 13.1 Å². The molecule has 0 amide bonds. The van der Waals surface area contributed by atoms with Gasteiger partial charge in [0.2, 0.25) is 0 Å². The molecule has 1 spiro atoms. The molecule has 80 heavy (non-hydrogen) atoms. The molecule has 0 atom stereocenters. The highest BCUT2D eigenvalue weighted by Gasteiger charge is 2.51. The van der Waals surface area contributed by atoms with E-state index in [9.17, 15) is 0 Å². The summed E-state index contributed by atoms with van der Waals surface area (Å²) in [7, 11) is 0. The number of hydrogen-bond acceptors (Lipinski definition) is 1. The van der Waals surface area contributed by atoms with Crippen molar-refractivity contribution >= 4 is 60.7 Å². The van der Waals surface area contributed by atoms with E-state index < -0.39 is 5.41 Å². The van der Waals surface area contributed by atoms with Crippen LogP contribution in [0.1, 0.15) is 128 Å². The first-order chi connectivity index (χ1) is 38.2. The van der Waals surface area contributed by atoms with Crippen LogP contribution in [0.4, 0.5) is 17.1 Å². The normalized spacial score (nSPS) is 13.8. The molecular formula is C77H71N3. The third kappa shape index (κ3) is 7.46. The molecule has 3 nitrogen and oxygen atoms in total. The van der Waals surface area contributed by atoms with Gasteiger partial charge in [-0.05, 0) is 198 Å². The molecule has 0 bridgehead atoms. The Morgan fingerprint density at radius 1 is 0.275 bits per heavy atom. The van der Waals surface area contributed by atoms with Crippen molar-refractivity contribution in [2.75, 3.05) is 4.90 Å². The first-order valence-corrected chi connectivity index (χ1v) is 28.8. The van der Waals surface area contributed by atoms with Crippen molar-refractivity contribution in [3.8, 4) is 33.6 Å². The van der Waals surface area contributed by atoms with Gasteiger partial charge in [-0.25, -0.2) is 0 Å². The molecule has 0 saturated heterocycles. The molecule has 2 aromatic heterocycles. The van der Waals surface area contributed by atoms with E-state index in [0.29, 0.717) is 0 Å². The van der Waals surface area contributed by atoms with Crippen LogP contribution in [0, 0.1) is 0 Å². The van der Waals surface area contributed by atoms with Gasteiger partial charge in [0.05, 0.1) is 27.5 Å². The molecule has 0 N–H and O–H groups in total. The van der Waals surface area contributed by atoms with Crippen LogP contribution in [0.15, 0.2) is 212 Å². The maximum atomic E-state index is 2.51. The molecule has 0 fully saturated rings. The van der Waals surface area contributed by atoms with Crippen molar-refractivity contribution in [2.45, 2.75) is 110 Å². The predicted octanol–water partition coefficient (Wildman–Crippen LogP) is 20.9. The van der Waals surface area contributed by atoms with Crippen LogP contribution in [0.2, 0.25) is 0 Å². The fourth-order valence-corrected chi connectivity index (χ4v) is 13.6. The minimum atomic E-state index is -0.471. The SMILES string of the molecule is CC(C)(C)c1ccc2c(c1)c1cc(C(C)(C)C)ccc1n2-c1ccc(N(c2ccc(-n3c4ccc(C(C)(C)C)cc4c4cc(C(C)(C)C)ccc43)cc2)c2ccc3c(c2)C2(c4ccccc4-c4ccccc42)c2ccccc2-3)cc1. The van der Waals surface area contributed by atoms with E-state index in [2.05, 4.69) is 309 Å². The molecule has 12 aromatic rings. The lowest BCUT2D eigenvalue weighted by molar-refractivity contribution is 0.590. The van der Waals surface area contributed by atoms with Gasteiger partial charge >= 0.3 is 0 Å². The molecule has 0 radical (unpaired) electrons. The van der Waals surface area contributed by atoms with Crippen molar-refractivity contribution in [1.82, 2.24) is 9.13 Å². The van der Waals surface area contributed by atoms with E-state index in [4.69, 9.17) is 0 Å². The summed E-state index contributed by atoms with van der Waals surface area (Å²) in [5, 5.41) is 5.17. The summed E-state index contributed by atoms with van der Waals surface area (Å²) in [6.07, 6.45) is 0. The second kappa shape index (κ2) is 17.3. The van der Waals surface area contributed by atoms with Crippen LogP contribution in [-0.4, -0.2) is 9.13 Å². The molecule has 14 rings (SSSR count). The van der Waals surface area contributed by atoms with Crippen molar-refractivity contribution < 1.29 is 0 Å². The number of aromatic nitrogens is 2. The zero-order valence-electron chi connectivity index (χ0n) is 48.5. The molecule has 3 heteroatoms. The van der Waals surface area contributed by atoms with Gasteiger partial charge in [0, 0.05) is 50.0 Å². The highest BCUT2D eigenvalue weighted by molar-refractivity contribution is 6.11. The Kier molecular flexibility index (Phi) is 10.8. The molecule has 2 aliphatic carbocycles. The smallest absolute Gasteiger partial charge is 0.0726 e. The lowest BCUT2D eigenvalue weighted by Crippen LogP contribution is -2.26. The summed E-state index contributed by atoms with van der Waals surface area (Å²) in [5.74, 6) is 0. The Hall–Kier alpha value is -8.40. The van der Waals surface area contributed by atoms with E-state index in [1.165, 1.54) is 110 Å². The molecule has 2 aliphatic rings. The van der Waals surface area contributed by atoms with Crippen LogP contribution < -0.4 is 4.90 Å². The van der Waals surface area contributed by atoms with Crippen LogP contribution in [0.5, 0.6) is 0 Å². The molecule has 2 heterocycles. The third-order valence-electron chi connectivity index (χ3n) is 18.0. The fraction of sp³-hybridized carbons (Fsp3) is 0.221. The standard InChI is InChI=1S/C77H71N3/c1-73(2,3)48-25-39-69-61(43-48)62-44-49(74(4,5)6)26-40-70(62)79(69)54-33-29-52(30-34-54)78(53-31-35-55(36-32-53)80-71-41-27-50(75(7,8)9)45-63(71)64-46-51(76(10,11)12)28-42-72(64)80)56-37-38-60-59-21-15-18-24-67(59)77(68(60)47-56)65-22-16-13-19-57(65)58-20-14-17-23-66(58)77/h13-47H,1-12H3. The Bertz CT molecular complexity index is 4090. The summed E-state index contributed by atoms with van der Waals surface area (Å²) in [6, 6.07) is 81.6. The predicted molar refractivity (Wildman–Crippen MR) is 341 cm³/mol. The van der Waals surface area contributed by atoms with Crippen molar-refractivity contribution in [3.05, 3.63) is 257 Å². The van der Waals surface area contributed by atoms with Crippen LogP contribution in [0.25, 0.3) is 77.2 Å². The van der Waals surface area contributed by atoms with Gasteiger partial charge in [-0.3, -0.25) is 0 Å². The van der Waals surface area contributed by atoms with E-state index >= 15 is 0 Å². The minimum Gasteiger partial charge on any atom is -0.310 e. The summed E-state index contributed by atoms with van der Waals surface area (Å²) >= 11 is 0. The van der Waals surface area contributed by atoms with Crippen LogP contribution in [0.3, 0.4) is 0 Å². The quantitative estimate of drug-likeness (QED) is 0.167. The highest BCUT2D eigenvalue weighted by atomic mass is 15.1. The number of anilines is 3. The molecule has 0 aliphatic heterocycles. The van der Waals surface area contributed by atoms with E-state index in [0.717, 1.165) is 28.4 Å². The van der Waals surface area contributed by atoms with E-state index in [1.807, 2.05) is 0 Å². The lowest BCUT2D eigenvalue weighted by atomic mass is 9.70. The van der Waals surface area contributed by atoms with Crippen molar-refractivity contribution in [2.24, 2.45) is 0 Å². The van der Waals surface area contributed by atoms with Gasteiger partial charge in [-0.15, -0.1) is 0 Å². The molecule has 394 valence electrons. The maximum Gasteiger partial charge on any atom is 0.0726 e. The van der Waals surface area contributed by atoms with Gasteiger partial charge in [-0.2, -0.15) is 0 Å². The summed E-state index contributed by atoms with van der Waals surface area (Å²) in [6.45, 7) is 27.7. The number of nitrogens with zero attached hydrogens (tertiary/aromatic N) is 3. The van der Waals surface area contributed by atoms with Crippen molar-refractivity contribution in [3.63, 3.8) is 0 Å². The van der Waals surface area contributed by atoms with E-state index in [1.54, 1.807) is 0 Å². The zero-order chi connectivity index (χ0) is 55.4. The van der Waals surface area contributed by atoms with Gasteiger partial charge in [0.15, 0.2) is 0 Å². The molecule has 10 aromatic carbocycles. The summed E-state index contributed by atoms with van der Waals surface area (Å²) < 4.78 is 4.94.